The molecule has 1 aromatic carbocycles. The fourth-order valence-electron chi connectivity index (χ4n) is 1.50. The van der Waals surface area contributed by atoms with Crippen LogP contribution in [0.25, 0.3) is 0 Å². The summed E-state index contributed by atoms with van der Waals surface area (Å²) in [6, 6.07) is 10.5. The van der Waals surface area contributed by atoms with E-state index in [-0.39, 0.29) is 0 Å². The summed E-state index contributed by atoms with van der Waals surface area (Å²) in [6.45, 7) is 7.99. The van der Waals surface area contributed by atoms with Crippen molar-refractivity contribution in [2.24, 2.45) is 4.99 Å². The Morgan fingerprint density at radius 2 is 2.00 bits per heavy atom. The van der Waals surface area contributed by atoms with Crippen LogP contribution in [0.4, 0.5) is 0 Å². The first-order valence-corrected chi connectivity index (χ1v) is 6.09. The van der Waals surface area contributed by atoms with E-state index in [9.17, 15) is 0 Å². The molecule has 1 atom stereocenters. The minimum absolute atomic E-state index is 0.523. The van der Waals surface area contributed by atoms with Crippen LogP contribution in [0.15, 0.2) is 47.0 Å². The molecule has 0 spiro atoms. The average molecular weight is 230 g/mol. The zero-order chi connectivity index (χ0) is 12.5. The molecule has 2 heteroatoms. The van der Waals surface area contributed by atoms with Crippen LogP contribution in [0, 0.1) is 0 Å². The van der Waals surface area contributed by atoms with Crippen molar-refractivity contribution in [3.63, 3.8) is 0 Å². The molecular weight excluding hydrogens is 208 g/mol. The molecule has 0 saturated heterocycles. The van der Waals surface area contributed by atoms with Crippen LogP contribution in [0.2, 0.25) is 0 Å². The third-order valence-corrected chi connectivity index (χ3v) is 2.54. The Morgan fingerprint density at radius 3 is 2.65 bits per heavy atom. The van der Waals surface area contributed by atoms with Crippen LogP contribution in [0.1, 0.15) is 32.3 Å². The van der Waals surface area contributed by atoms with Gasteiger partial charge in [0, 0.05) is 12.8 Å². The Morgan fingerprint density at radius 1 is 1.29 bits per heavy atom. The molecule has 0 heterocycles. The van der Waals surface area contributed by atoms with E-state index in [0.29, 0.717) is 12.6 Å². The van der Waals surface area contributed by atoms with Gasteiger partial charge in [-0.3, -0.25) is 10.3 Å². The highest BCUT2D eigenvalue weighted by Gasteiger charge is 2.02. The third kappa shape index (κ3) is 6.03. The van der Waals surface area contributed by atoms with Gasteiger partial charge in [-0.05, 0) is 31.4 Å². The van der Waals surface area contributed by atoms with E-state index in [4.69, 9.17) is 0 Å². The Balaban J connectivity index is 2.23. The van der Waals surface area contributed by atoms with Gasteiger partial charge in [0.2, 0.25) is 0 Å². The Hall–Kier alpha value is -1.41. The van der Waals surface area contributed by atoms with Gasteiger partial charge in [-0.25, -0.2) is 0 Å². The largest absolute Gasteiger partial charge is 0.298 e. The van der Waals surface area contributed by atoms with E-state index in [1.165, 1.54) is 11.1 Å². The van der Waals surface area contributed by atoms with Crippen LogP contribution in [0.5, 0.6) is 0 Å². The maximum atomic E-state index is 4.26. The van der Waals surface area contributed by atoms with Gasteiger partial charge in [0.25, 0.3) is 0 Å². The molecule has 1 N–H and O–H groups in total. The van der Waals surface area contributed by atoms with Gasteiger partial charge in [0.05, 0.1) is 6.67 Å². The zero-order valence-corrected chi connectivity index (χ0v) is 11.0. The molecule has 1 aromatic rings. The number of benzene rings is 1. The molecule has 0 amide bonds. The van der Waals surface area contributed by atoms with E-state index in [0.717, 1.165) is 6.54 Å². The molecule has 0 radical (unpaired) electrons. The van der Waals surface area contributed by atoms with Gasteiger partial charge < -0.3 is 0 Å². The van der Waals surface area contributed by atoms with E-state index >= 15 is 0 Å². The van der Waals surface area contributed by atoms with Crippen molar-refractivity contribution in [1.29, 1.82) is 0 Å². The molecule has 2 nitrogen and oxygen atoms in total. The Labute approximate surface area is 104 Å². The minimum atomic E-state index is 0.523. The van der Waals surface area contributed by atoms with Gasteiger partial charge in [0.15, 0.2) is 0 Å². The highest BCUT2D eigenvalue weighted by atomic mass is 15.0. The number of hydrogen-bond acceptors (Lipinski definition) is 2. The van der Waals surface area contributed by atoms with Crippen molar-refractivity contribution >= 4 is 6.21 Å². The Bertz CT molecular complexity index is 362. The fraction of sp³-hybridized carbons (Fsp3) is 0.400. The Kier molecular flexibility index (Phi) is 6.26. The molecule has 0 fully saturated rings. The third-order valence-electron chi connectivity index (χ3n) is 2.54. The lowest BCUT2D eigenvalue weighted by atomic mass is 10.0. The molecule has 0 saturated carbocycles. The molecule has 1 rings (SSSR count). The first kappa shape index (κ1) is 13.7. The predicted molar refractivity (Wildman–Crippen MR) is 75.6 cm³/mol. The van der Waals surface area contributed by atoms with Crippen molar-refractivity contribution in [3.8, 4) is 0 Å². The molecule has 0 aliphatic rings. The number of allylic oxidation sites excluding steroid dienone is 2. The summed E-state index contributed by atoms with van der Waals surface area (Å²) in [5.41, 5.74) is 2.64. The van der Waals surface area contributed by atoms with Crippen molar-refractivity contribution in [2.75, 3.05) is 13.2 Å². The molecule has 0 aliphatic carbocycles. The normalized spacial score (nSPS) is 12.6. The standard InChI is InChI=1S/C15H22N2/c1-13(2)9-10-16-12-17-11-14(3)15-7-5-4-6-8-15/h4-10,14,17H,11-12H2,1-3H3/b16-10-/t14-/m1/s1. The molecular formula is C15H22N2. The summed E-state index contributed by atoms with van der Waals surface area (Å²) in [5, 5.41) is 3.33. The molecule has 92 valence electrons. The van der Waals surface area contributed by atoms with Crippen molar-refractivity contribution in [3.05, 3.63) is 47.5 Å². The SMILES string of the molecule is CC(C)=C/C=N\CNC[C@@H](C)c1ccccc1. The second-order valence-corrected chi connectivity index (χ2v) is 4.50. The number of nitrogens with one attached hydrogen (secondary N) is 1. The molecule has 0 unspecified atom stereocenters. The van der Waals surface area contributed by atoms with Crippen LogP contribution in [-0.2, 0) is 0 Å². The van der Waals surface area contributed by atoms with Crippen molar-refractivity contribution in [2.45, 2.75) is 26.7 Å². The lowest BCUT2D eigenvalue weighted by Gasteiger charge is -2.11. The van der Waals surface area contributed by atoms with E-state index in [1.807, 2.05) is 18.4 Å². The smallest absolute Gasteiger partial charge is 0.0884 e. The number of rotatable bonds is 6. The monoisotopic (exact) mass is 230 g/mol. The molecule has 0 bridgehead atoms. The minimum Gasteiger partial charge on any atom is -0.298 e. The van der Waals surface area contributed by atoms with Gasteiger partial charge in [-0.15, -0.1) is 0 Å². The summed E-state index contributed by atoms with van der Waals surface area (Å²) >= 11 is 0. The highest BCUT2D eigenvalue weighted by Crippen LogP contribution is 2.12. The molecule has 17 heavy (non-hydrogen) atoms. The summed E-state index contributed by atoms with van der Waals surface area (Å²) in [4.78, 5) is 4.26. The first-order chi connectivity index (χ1) is 8.20. The van der Waals surface area contributed by atoms with E-state index in [1.54, 1.807) is 0 Å². The zero-order valence-electron chi connectivity index (χ0n) is 11.0. The summed E-state index contributed by atoms with van der Waals surface area (Å²) in [7, 11) is 0. The summed E-state index contributed by atoms with van der Waals surface area (Å²) in [5.74, 6) is 0.523. The topological polar surface area (TPSA) is 24.4 Å². The van der Waals surface area contributed by atoms with Gasteiger partial charge in [-0.1, -0.05) is 42.8 Å². The number of hydrogen-bond donors (Lipinski definition) is 1. The lowest BCUT2D eigenvalue weighted by Crippen LogP contribution is -2.20. The van der Waals surface area contributed by atoms with Crippen molar-refractivity contribution in [1.82, 2.24) is 5.32 Å². The maximum absolute atomic E-state index is 4.26. The molecule has 0 aromatic heterocycles. The van der Waals surface area contributed by atoms with E-state index in [2.05, 4.69) is 55.3 Å². The van der Waals surface area contributed by atoms with Crippen LogP contribution < -0.4 is 5.32 Å². The van der Waals surface area contributed by atoms with E-state index < -0.39 is 0 Å². The van der Waals surface area contributed by atoms with Gasteiger partial charge in [0.1, 0.15) is 0 Å². The fourth-order valence-corrected chi connectivity index (χ4v) is 1.50. The highest BCUT2D eigenvalue weighted by molar-refractivity contribution is 5.71. The summed E-state index contributed by atoms with van der Waals surface area (Å²) in [6.07, 6.45) is 3.87. The second-order valence-electron chi connectivity index (χ2n) is 4.50. The van der Waals surface area contributed by atoms with Gasteiger partial charge >= 0.3 is 0 Å². The van der Waals surface area contributed by atoms with Crippen LogP contribution >= 0.6 is 0 Å². The van der Waals surface area contributed by atoms with Crippen LogP contribution in [0.3, 0.4) is 0 Å². The average Bonchev–Trinajstić information content (AvgIpc) is 2.34. The lowest BCUT2D eigenvalue weighted by molar-refractivity contribution is 0.628. The number of aliphatic imine (C=N–C) groups is 1. The quantitative estimate of drug-likeness (QED) is 0.588. The molecule has 0 aliphatic heterocycles. The summed E-state index contributed by atoms with van der Waals surface area (Å²) < 4.78 is 0. The predicted octanol–water partition coefficient (Wildman–Crippen LogP) is 3.37. The second kappa shape index (κ2) is 7.80. The van der Waals surface area contributed by atoms with Crippen molar-refractivity contribution < 1.29 is 0 Å². The maximum Gasteiger partial charge on any atom is 0.0884 e. The van der Waals surface area contributed by atoms with Gasteiger partial charge in [-0.2, -0.15) is 0 Å². The first-order valence-electron chi connectivity index (χ1n) is 6.09. The van der Waals surface area contributed by atoms with Crippen LogP contribution in [-0.4, -0.2) is 19.4 Å². The number of nitrogens with zero attached hydrogens (tertiary/aromatic N) is 1.